The van der Waals surface area contributed by atoms with Gasteiger partial charge >= 0.3 is 5.97 Å². The maximum absolute atomic E-state index is 12.5. The molecule has 1 aliphatic heterocycles. The summed E-state index contributed by atoms with van der Waals surface area (Å²) in [5, 5.41) is 31.0. The Morgan fingerprint density at radius 1 is 1.10 bits per heavy atom. The molecule has 0 saturated carbocycles. The second-order valence-electron chi connectivity index (χ2n) is 8.36. The van der Waals surface area contributed by atoms with Crippen LogP contribution in [0.15, 0.2) is 23.8 Å². The number of hydrogen-bond donors (Lipinski definition) is 3. The molecule has 0 spiro atoms. The van der Waals surface area contributed by atoms with Gasteiger partial charge in [-0.1, -0.05) is 51.8 Å². The molecule has 6 nitrogen and oxygen atoms in total. The summed E-state index contributed by atoms with van der Waals surface area (Å²) in [6.07, 6.45) is 4.09. The van der Waals surface area contributed by atoms with Gasteiger partial charge in [0, 0.05) is 17.8 Å². The topological polar surface area (TPSA) is 104 Å². The highest BCUT2D eigenvalue weighted by Crippen LogP contribution is 2.28. The lowest BCUT2D eigenvalue weighted by atomic mass is 9.80. The van der Waals surface area contributed by atoms with Gasteiger partial charge in [-0.25, -0.2) is 0 Å². The number of aliphatic hydroxyl groups is 3. The Balaban J connectivity index is 3.23. The molecule has 0 aromatic rings. The summed E-state index contributed by atoms with van der Waals surface area (Å²) in [5.41, 5.74) is 0.798. The lowest BCUT2D eigenvalue weighted by molar-refractivity contribution is -0.155. The molecule has 0 amide bonds. The molecular formula is C23H38O6. The first-order valence-electron chi connectivity index (χ1n) is 10.7. The fourth-order valence-electron chi connectivity index (χ4n) is 3.87. The summed E-state index contributed by atoms with van der Waals surface area (Å²) in [6, 6.07) is 0. The first-order chi connectivity index (χ1) is 13.6. The number of rotatable bonds is 3. The maximum atomic E-state index is 12.5. The van der Waals surface area contributed by atoms with Gasteiger partial charge in [-0.05, 0) is 31.8 Å². The standard InChI is InChI=1S/C23H38O6/c1-6-17-11-15(4)19(25)9-8-14(3)10-18(13-24)21(7-2)29-22(27)12-20(26)16(5)23(17)28/h8-10,15-18,20-21,23-24,26,28H,6-7,11-13H2,1-5H3. The van der Waals surface area contributed by atoms with Gasteiger partial charge in [-0.2, -0.15) is 0 Å². The van der Waals surface area contributed by atoms with E-state index < -0.39 is 36.1 Å². The van der Waals surface area contributed by atoms with Crippen molar-refractivity contribution < 1.29 is 29.6 Å². The summed E-state index contributed by atoms with van der Waals surface area (Å²) < 4.78 is 5.52. The van der Waals surface area contributed by atoms with Crippen LogP contribution < -0.4 is 0 Å². The van der Waals surface area contributed by atoms with E-state index in [1.165, 1.54) is 6.08 Å². The summed E-state index contributed by atoms with van der Waals surface area (Å²) >= 11 is 0. The van der Waals surface area contributed by atoms with E-state index >= 15 is 0 Å². The number of ketones is 1. The highest BCUT2D eigenvalue weighted by Gasteiger charge is 2.32. The van der Waals surface area contributed by atoms with Crippen LogP contribution in [0.25, 0.3) is 0 Å². The zero-order chi connectivity index (χ0) is 22.1. The average Bonchev–Trinajstić information content (AvgIpc) is 2.70. The molecule has 0 radical (unpaired) electrons. The minimum absolute atomic E-state index is 0.0253. The molecule has 0 bridgehead atoms. The van der Waals surface area contributed by atoms with Crippen LogP contribution in [0.4, 0.5) is 0 Å². The molecule has 1 aliphatic rings. The molecule has 0 aliphatic carbocycles. The van der Waals surface area contributed by atoms with Gasteiger partial charge in [0.25, 0.3) is 0 Å². The second kappa shape index (κ2) is 12.3. The third-order valence-electron chi connectivity index (χ3n) is 6.03. The van der Waals surface area contributed by atoms with E-state index in [2.05, 4.69) is 0 Å². The van der Waals surface area contributed by atoms with Crippen molar-refractivity contribution in [1.29, 1.82) is 0 Å². The number of esters is 1. The van der Waals surface area contributed by atoms with E-state index in [-0.39, 0.29) is 30.6 Å². The molecule has 6 heteroatoms. The van der Waals surface area contributed by atoms with Gasteiger partial charge in [0.15, 0.2) is 5.78 Å². The van der Waals surface area contributed by atoms with Crippen LogP contribution in [0.2, 0.25) is 0 Å². The smallest absolute Gasteiger partial charge is 0.308 e. The first kappa shape index (κ1) is 25.5. The summed E-state index contributed by atoms with van der Waals surface area (Å²) in [5.74, 6) is -1.93. The second-order valence-corrected chi connectivity index (χ2v) is 8.36. The Labute approximate surface area is 174 Å². The largest absolute Gasteiger partial charge is 0.462 e. The van der Waals surface area contributed by atoms with Crippen LogP contribution in [0.1, 0.15) is 60.3 Å². The van der Waals surface area contributed by atoms with Crippen molar-refractivity contribution in [3.8, 4) is 0 Å². The monoisotopic (exact) mass is 410 g/mol. The number of carbonyl (C=O) groups is 2. The predicted molar refractivity (Wildman–Crippen MR) is 112 cm³/mol. The first-order valence-corrected chi connectivity index (χ1v) is 10.7. The highest BCUT2D eigenvalue weighted by molar-refractivity contribution is 5.91. The summed E-state index contributed by atoms with van der Waals surface area (Å²) in [6.45, 7) is 8.99. The van der Waals surface area contributed by atoms with Crippen LogP contribution in [-0.4, -0.2) is 52.0 Å². The minimum Gasteiger partial charge on any atom is -0.462 e. The molecule has 0 saturated heterocycles. The zero-order valence-corrected chi connectivity index (χ0v) is 18.4. The molecule has 29 heavy (non-hydrogen) atoms. The van der Waals surface area contributed by atoms with Crippen LogP contribution in [0.5, 0.6) is 0 Å². The lowest BCUT2D eigenvalue weighted by Gasteiger charge is -2.31. The predicted octanol–water partition coefficient (Wildman–Crippen LogP) is 2.80. The highest BCUT2D eigenvalue weighted by atomic mass is 16.5. The van der Waals surface area contributed by atoms with E-state index in [4.69, 9.17) is 4.74 Å². The fourth-order valence-corrected chi connectivity index (χ4v) is 3.87. The molecule has 7 atom stereocenters. The number of allylic oxidation sites excluding steroid dienone is 3. The van der Waals surface area contributed by atoms with Gasteiger partial charge in [0.2, 0.25) is 0 Å². The van der Waals surface area contributed by atoms with E-state index in [0.29, 0.717) is 19.3 Å². The van der Waals surface area contributed by atoms with Crippen molar-refractivity contribution in [1.82, 2.24) is 0 Å². The van der Waals surface area contributed by atoms with Crippen LogP contribution >= 0.6 is 0 Å². The lowest BCUT2D eigenvalue weighted by Crippen LogP contribution is -2.38. The van der Waals surface area contributed by atoms with Gasteiger partial charge in [0.1, 0.15) is 6.10 Å². The molecule has 166 valence electrons. The van der Waals surface area contributed by atoms with Crippen molar-refractivity contribution in [3.05, 3.63) is 23.8 Å². The van der Waals surface area contributed by atoms with Gasteiger partial charge in [0.05, 0.1) is 25.2 Å². The number of ether oxygens (including phenoxy) is 1. The van der Waals surface area contributed by atoms with Crippen molar-refractivity contribution in [2.45, 2.75) is 78.6 Å². The number of carbonyl (C=O) groups excluding carboxylic acids is 2. The molecular weight excluding hydrogens is 372 g/mol. The van der Waals surface area contributed by atoms with E-state index in [1.807, 2.05) is 27.7 Å². The van der Waals surface area contributed by atoms with Crippen LogP contribution in [0.3, 0.4) is 0 Å². The quantitative estimate of drug-likeness (QED) is 0.618. The third kappa shape index (κ3) is 7.68. The number of cyclic esters (lactones) is 1. The molecule has 7 unspecified atom stereocenters. The SMILES string of the molecule is CCC1CC(C)C(=O)C=CC(C)=CC(CO)C(CC)OC(=O)CC(O)C(C)C1O. The fraction of sp³-hybridized carbons (Fsp3) is 0.739. The molecule has 0 fully saturated rings. The maximum Gasteiger partial charge on any atom is 0.308 e. The third-order valence-corrected chi connectivity index (χ3v) is 6.03. The Morgan fingerprint density at radius 2 is 1.76 bits per heavy atom. The number of hydrogen-bond acceptors (Lipinski definition) is 6. The summed E-state index contributed by atoms with van der Waals surface area (Å²) in [4.78, 5) is 24.9. The van der Waals surface area contributed by atoms with Crippen molar-refractivity contribution in [2.75, 3.05) is 6.61 Å². The van der Waals surface area contributed by atoms with E-state index in [0.717, 1.165) is 5.57 Å². The van der Waals surface area contributed by atoms with Crippen LogP contribution in [-0.2, 0) is 14.3 Å². The Hall–Kier alpha value is -1.50. The normalized spacial score (nSPS) is 35.9. The van der Waals surface area contributed by atoms with Gasteiger partial charge < -0.3 is 20.1 Å². The van der Waals surface area contributed by atoms with Gasteiger partial charge in [-0.15, -0.1) is 0 Å². The zero-order valence-electron chi connectivity index (χ0n) is 18.4. The molecule has 0 aromatic heterocycles. The van der Waals surface area contributed by atoms with Crippen molar-refractivity contribution in [2.24, 2.45) is 23.7 Å². The molecule has 3 N–H and O–H groups in total. The van der Waals surface area contributed by atoms with E-state index in [9.17, 15) is 24.9 Å². The molecule has 1 rings (SSSR count). The van der Waals surface area contributed by atoms with E-state index in [1.54, 1.807) is 19.1 Å². The Bertz CT molecular complexity index is 596. The van der Waals surface area contributed by atoms with Crippen molar-refractivity contribution in [3.63, 3.8) is 0 Å². The Morgan fingerprint density at radius 3 is 2.31 bits per heavy atom. The molecule has 1 heterocycles. The Kier molecular flexibility index (Phi) is 10.8. The van der Waals surface area contributed by atoms with Crippen LogP contribution in [0, 0.1) is 23.7 Å². The summed E-state index contributed by atoms with van der Waals surface area (Å²) in [7, 11) is 0. The van der Waals surface area contributed by atoms with Gasteiger partial charge in [-0.3, -0.25) is 9.59 Å². The van der Waals surface area contributed by atoms with Crippen molar-refractivity contribution >= 4 is 11.8 Å². The minimum atomic E-state index is -1.05. The molecule has 0 aromatic carbocycles. The number of aliphatic hydroxyl groups excluding tert-OH is 3. The average molecular weight is 411 g/mol.